The molecule has 1 aromatic carbocycles. The van der Waals surface area contributed by atoms with Crippen LogP contribution in [-0.4, -0.2) is 58.3 Å². The van der Waals surface area contributed by atoms with E-state index in [1.165, 1.54) is 43.2 Å². The van der Waals surface area contributed by atoms with Crippen LogP contribution in [0, 0.1) is 0 Å². The standard InChI is InChI=1S/C26H37N5O.CH2O2/c1-18(2)31-16-23-24(17-31)28-26(30-13-14-32-19(3)15-30)29-25(23)27-22-11-9-21(10-12-22)20-7-5-4-6-8-20;2-1-3/h9-12,18-20H,4-8,13-17H2,1-3H3,(H,27,28,29);1H,(H,2,3). The van der Waals surface area contributed by atoms with E-state index in [0.717, 1.165) is 61.9 Å². The van der Waals surface area contributed by atoms with Gasteiger partial charge in [-0.1, -0.05) is 31.4 Å². The van der Waals surface area contributed by atoms with Gasteiger partial charge in [0, 0.05) is 43.5 Å². The Morgan fingerprint density at radius 1 is 1.11 bits per heavy atom. The number of fused-ring (bicyclic) bond motifs is 1. The molecule has 1 saturated carbocycles. The molecule has 2 fully saturated rings. The molecular formula is C27H39N5O3. The van der Waals surface area contributed by atoms with Gasteiger partial charge in [0.1, 0.15) is 5.82 Å². The Hall–Kier alpha value is -2.71. The fraction of sp³-hybridized carbons (Fsp3) is 0.593. The van der Waals surface area contributed by atoms with Crippen molar-refractivity contribution in [3.8, 4) is 0 Å². The molecule has 8 nitrogen and oxygen atoms in total. The van der Waals surface area contributed by atoms with Crippen LogP contribution in [0.3, 0.4) is 0 Å². The fourth-order valence-electron chi connectivity index (χ4n) is 5.29. The zero-order valence-corrected chi connectivity index (χ0v) is 21.2. The summed E-state index contributed by atoms with van der Waals surface area (Å²) < 4.78 is 5.74. The number of hydrogen-bond acceptors (Lipinski definition) is 7. The highest BCUT2D eigenvalue weighted by atomic mass is 16.5. The Kier molecular flexibility index (Phi) is 8.57. The molecular weight excluding hydrogens is 442 g/mol. The second-order valence-electron chi connectivity index (χ2n) is 10.1. The lowest BCUT2D eigenvalue weighted by Crippen LogP contribution is -2.42. The molecule has 3 heterocycles. The summed E-state index contributed by atoms with van der Waals surface area (Å²) >= 11 is 0. The molecule has 35 heavy (non-hydrogen) atoms. The van der Waals surface area contributed by atoms with Gasteiger partial charge in [0.25, 0.3) is 6.47 Å². The van der Waals surface area contributed by atoms with Gasteiger partial charge < -0.3 is 20.1 Å². The molecule has 1 saturated heterocycles. The van der Waals surface area contributed by atoms with Crippen LogP contribution < -0.4 is 10.2 Å². The van der Waals surface area contributed by atoms with E-state index in [9.17, 15) is 0 Å². The number of morpholine rings is 1. The summed E-state index contributed by atoms with van der Waals surface area (Å²) in [5, 5.41) is 10.5. The van der Waals surface area contributed by atoms with Crippen molar-refractivity contribution >= 4 is 23.9 Å². The molecule has 0 bridgehead atoms. The maximum absolute atomic E-state index is 8.36. The van der Waals surface area contributed by atoms with Crippen molar-refractivity contribution < 1.29 is 14.6 Å². The van der Waals surface area contributed by atoms with Crippen LogP contribution in [0.2, 0.25) is 0 Å². The number of rotatable bonds is 5. The summed E-state index contributed by atoms with van der Waals surface area (Å²) in [6.45, 7) is 10.6. The van der Waals surface area contributed by atoms with Gasteiger partial charge in [0.05, 0.1) is 18.4 Å². The summed E-state index contributed by atoms with van der Waals surface area (Å²) in [6, 6.07) is 9.56. The first kappa shape index (κ1) is 25.4. The third-order valence-corrected chi connectivity index (χ3v) is 7.30. The van der Waals surface area contributed by atoms with Crippen LogP contribution in [0.5, 0.6) is 0 Å². The molecule has 1 aromatic heterocycles. The molecule has 1 atom stereocenters. The van der Waals surface area contributed by atoms with Crippen LogP contribution in [0.25, 0.3) is 0 Å². The number of aromatic nitrogens is 2. The molecule has 0 spiro atoms. The van der Waals surface area contributed by atoms with Gasteiger partial charge in [0.15, 0.2) is 0 Å². The molecule has 190 valence electrons. The zero-order chi connectivity index (χ0) is 24.8. The van der Waals surface area contributed by atoms with Crippen molar-refractivity contribution in [2.24, 2.45) is 0 Å². The van der Waals surface area contributed by atoms with Gasteiger partial charge >= 0.3 is 0 Å². The number of nitrogens with zero attached hydrogens (tertiary/aromatic N) is 4. The van der Waals surface area contributed by atoms with Gasteiger partial charge in [-0.25, -0.2) is 4.98 Å². The summed E-state index contributed by atoms with van der Waals surface area (Å²) in [5.74, 6) is 2.51. The Balaban J connectivity index is 0.000000917. The third kappa shape index (κ3) is 6.30. The molecule has 2 N–H and O–H groups in total. The molecule has 2 aliphatic heterocycles. The smallest absolute Gasteiger partial charge is 0.290 e. The second kappa shape index (κ2) is 11.8. The van der Waals surface area contributed by atoms with Gasteiger partial charge in [-0.2, -0.15) is 4.98 Å². The van der Waals surface area contributed by atoms with Gasteiger partial charge in [-0.3, -0.25) is 9.69 Å². The highest BCUT2D eigenvalue weighted by Gasteiger charge is 2.29. The number of anilines is 3. The first-order valence-electron chi connectivity index (χ1n) is 12.9. The molecule has 1 aliphatic carbocycles. The predicted molar refractivity (Wildman–Crippen MR) is 138 cm³/mol. The average molecular weight is 482 g/mol. The summed E-state index contributed by atoms with van der Waals surface area (Å²) in [5.41, 5.74) is 4.98. The Morgan fingerprint density at radius 2 is 1.83 bits per heavy atom. The summed E-state index contributed by atoms with van der Waals surface area (Å²) in [6.07, 6.45) is 7.00. The first-order chi connectivity index (χ1) is 17.0. The molecule has 2 aromatic rings. The maximum Gasteiger partial charge on any atom is 0.290 e. The van der Waals surface area contributed by atoms with Crippen molar-refractivity contribution in [1.82, 2.24) is 14.9 Å². The lowest BCUT2D eigenvalue weighted by molar-refractivity contribution is -0.122. The Bertz CT molecular complexity index is 976. The molecule has 1 unspecified atom stereocenters. The lowest BCUT2D eigenvalue weighted by Gasteiger charge is -2.31. The number of ether oxygens (including phenoxy) is 1. The highest BCUT2D eigenvalue weighted by Crippen LogP contribution is 2.35. The number of nitrogens with one attached hydrogen (secondary N) is 1. The van der Waals surface area contributed by atoms with Gasteiger partial charge in [0.2, 0.25) is 5.95 Å². The topological polar surface area (TPSA) is 90.8 Å². The number of hydrogen-bond donors (Lipinski definition) is 2. The Labute approximate surface area is 208 Å². The van der Waals surface area contributed by atoms with E-state index < -0.39 is 0 Å². The summed E-state index contributed by atoms with van der Waals surface area (Å²) in [4.78, 5) is 23.1. The van der Waals surface area contributed by atoms with Gasteiger partial charge in [-0.15, -0.1) is 0 Å². The second-order valence-corrected chi connectivity index (χ2v) is 10.1. The minimum absolute atomic E-state index is 0.205. The number of carbonyl (C=O) groups is 1. The average Bonchev–Trinajstić information content (AvgIpc) is 3.31. The fourth-order valence-corrected chi connectivity index (χ4v) is 5.29. The van der Waals surface area contributed by atoms with Crippen LogP contribution in [-0.2, 0) is 22.6 Å². The van der Waals surface area contributed by atoms with Crippen molar-refractivity contribution in [3.63, 3.8) is 0 Å². The van der Waals surface area contributed by atoms with Crippen LogP contribution in [0.15, 0.2) is 24.3 Å². The van der Waals surface area contributed by atoms with Gasteiger partial charge in [-0.05, 0) is 57.2 Å². The monoisotopic (exact) mass is 481 g/mol. The number of benzene rings is 1. The predicted octanol–water partition coefficient (Wildman–Crippen LogP) is 4.92. The third-order valence-electron chi connectivity index (χ3n) is 7.30. The zero-order valence-electron chi connectivity index (χ0n) is 21.2. The Morgan fingerprint density at radius 3 is 2.49 bits per heavy atom. The summed E-state index contributed by atoms with van der Waals surface area (Å²) in [7, 11) is 0. The van der Waals surface area contributed by atoms with Crippen molar-refractivity contribution in [2.45, 2.75) is 84.0 Å². The van der Waals surface area contributed by atoms with E-state index in [0.29, 0.717) is 6.04 Å². The molecule has 0 amide bonds. The minimum atomic E-state index is -0.250. The van der Waals surface area contributed by atoms with E-state index in [4.69, 9.17) is 24.6 Å². The van der Waals surface area contributed by atoms with Crippen molar-refractivity contribution in [3.05, 3.63) is 41.1 Å². The van der Waals surface area contributed by atoms with Crippen LogP contribution in [0.4, 0.5) is 17.5 Å². The van der Waals surface area contributed by atoms with E-state index in [1.54, 1.807) is 0 Å². The van der Waals surface area contributed by atoms with E-state index in [-0.39, 0.29) is 12.6 Å². The van der Waals surface area contributed by atoms with Crippen molar-refractivity contribution in [2.75, 3.05) is 29.9 Å². The normalized spacial score (nSPS) is 20.8. The van der Waals surface area contributed by atoms with E-state index in [2.05, 4.69) is 60.2 Å². The SMILES string of the molecule is CC1CN(c2nc3c(c(Nc4ccc(C5CCCCC5)cc4)n2)CN(C(C)C)C3)CCO1.O=CO. The van der Waals surface area contributed by atoms with Crippen molar-refractivity contribution in [1.29, 1.82) is 0 Å². The first-order valence-corrected chi connectivity index (χ1v) is 12.9. The van der Waals surface area contributed by atoms with Crippen LogP contribution >= 0.6 is 0 Å². The maximum atomic E-state index is 8.36. The molecule has 8 heteroatoms. The molecule has 0 radical (unpaired) electrons. The quantitative estimate of drug-likeness (QED) is 0.582. The minimum Gasteiger partial charge on any atom is -0.483 e. The molecule has 3 aliphatic rings. The number of carboxylic acid groups (broad SMARTS) is 1. The van der Waals surface area contributed by atoms with E-state index >= 15 is 0 Å². The highest BCUT2D eigenvalue weighted by molar-refractivity contribution is 5.63. The van der Waals surface area contributed by atoms with E-state index in [1.807, 2.05) is 0 Å². The largest absolute Gasteiger partial charge is 0.483 e. The lowest BCUT2D eigenvalue weighted by atomic mass is 9.84. The van der Waals surface area contributed by atoms with Crippen LogP contribution in [0.1, 0.15) is 75.6 Å². The molecule has 5 rings (SSSR count).